The monoisotopic (exact) mass is 434 g/mol. The summed E-state index contributed by atoms with van der Waals surface area (Å²) in [6.45, 7) is 0. The average molecular weight is 435 g/mol. The second-order valence-electron chi connectivity index (χ2n) is 6.70. The zero-order valence-corrected chi connectivity index (χ0v) is 17.6. The van der Waals surface area contributed by atoms with Crippen LogP contribution in [0.5, 0.6) is 11.5 Å². The molecule has 0 fully saturated rings. The normalized spacial score (nSPS) is 13.6. The van der Waals surface area contributed by atoms with Crippen LogP contribution in [0.4, 0.5) is 11.4 Å². The minimum Gasteiger partial charge on any atom is -0.495 e. The van der Waals surface area contributed by atoms with Gasteiger partial charge < -0.3 is 14.8 Å². The van der Waals surface area contributed by atoms with Gasteiger partial charge in [0.15, 0.2) is 0 Å². The lowest BCUT2D eigenvalue weighted by Gasteiger charge is -2.18. The number of carbonyl (C=O) groups is 2. The number of nitrogens with zero attached hydrogens (tertiary/aromatic N) is 1. The number of methoxy groups -OCH3 is 2. The second-order valence-corrected chi connectivity index (χ2v) is 7.14. The Labute approximate surface area is 184 Å². The van der Waals surface area contributed by atoms with Crippen LogP contribution in [0.2, 0.25) is 5.02 Å². The summed E-state index contributed by atoms with van der Waals surface area (Å²) >= 11 is 6.03. The van der Waals surface area contributed by atoms with E-state index in [4.69, 9.17) is 21.1 Å². The van der Waals surface area contributed by atoms with E-state index in [9.17, 15) is 9.59 Å². The molecule has 0 aromatic heterocycles. The Balaban J connectivity index is 1.86. The van der Waals surface area contributed by atoms with Crippen molar-refractivity contribution in [1.82, 2.24) is 0 Å². The number of hydrogen-bond donors (Lipinski definition) is 1. The van der Waals surface area contributed by atoms with E-state index in [0.717, 1.165) is 4.90 Å². The number of para-hydroxylation sites is 4. The first-order chi connectivity index (χ1) is 15.0. The summed E-state index contributed by atoms with van der Waals surface area (Å²) in [5, 5.41) is 3.64. The number of anilines is 2. The minimum atomic E-state index is -0.495. The van der Waals surface area contributed by atoms with Crippen molar-refractivity contribution >= 4 is 40.4 Å². The Morgan fingerprint density at radius 2 is 1.39 bits per heavy atom. The van der Waals surface area contributed by atoms with Gasteiger partial charge in [0.25, 0.3) is 11.8 Å². The van der Waals surface area contributed by atoms with Gasteiger partial charge in [-0.3, -0.25) is 9.59 Å². The standard InChI is InChI=1S/C24H19ClN2O4/c1-30-19-9-5-3-7-17(19)26-22-21(15-11-13-16(25)14-12-15)23(28)27(24(22)29)18-8-4-6-10-20(18)31-2/h3-14,26H,1-2H3. The molecule has 3 aromatic carbocycles. The number of rotatable bonds is 6. The van der Waals surface area contributed by atoms with E-state index in [1.165, 1.54) is 14.2 Å². The highest BCUT2D eigenvalue weighted by atomic mass is 35.5. The maximum absolute atomic E-state index is 13.5. The van der Waals surface area contributed by atoms with Crippen LogP contribution in [0, 0.1) is 0 Å². The van der Waals surface area contributed by atoms with Gasteiger partial charge in [0.2, 0.25) is 0 Å². The predicted molar refractivity (Wildman–Crippen MR) is 120 cm³/mol. The van der Waals surface area contributed by atoms with Gasteiger partial charge in [-0.15, -0.1) is 0 Å². The Hall–Kier alpha value is -3.77. The van der Waals surface area contributed by atoms with Gasteiger partial charge in [0.05, 0.1) is 31.2 Å². The fraction of sp³-hybridized carbons (Fsp3) is 0.0833. The lowest BCUT2D eigenvalue weighted by Crippen LogP contribution is -2.32. The van der Waals surface area contributed by atoms with Gasteiger partial charge in [-0.25, -0.2) is 4.90 Å². The molecule has 0 atom stereocenters. The van der Waals surface area contributed by atoms with E-state index < -0.39 is 11.8 Å². The van der Waals surface area contributed by atoms with Crippen molar-refractivity contribution in [3.63, 3.8) is 0 Å². The Morgan fingerprint density at radius 3 is 2.06 bits per heavy atom. The molecule has 0 spiro atoms. The fourth-order valence-electron chi connectivity index (χ4n) is 3.45. The number of imide groups is 1. The molecule has 7 heteroatoms. The molecule has 0 aliphatic carbocycles. The maximum Gasteiger partial charge on any atom is 0.282 e. The van der Waals surface area contributed by atoms with Gasteiger partial charge in [-0.1, -0.05) is 48.0 Å². The van der Waals surface area contributed by atoms with Crippen LogP contribution in [0.25, 0.3) is 5.57 Å². The van der Waals surface area contributed by atoms with Crippen LogP contribution in [0.3, 0.4) is 0 Å². The summed E-state index contributed by atoms with van der Waals surface area (Å²) in [6.07, 6.45) is 0. The van der Waals surface area contributed by atoms with Gasteiger partial charge in [-0.05, 0) is 42.0 Å². The zero-order valence-electron chi connectivity index (χ0n) is 16.9. The summed E-state index contributed by atoms with van der Waals surface area (Å²) in [5.41, 5.74) is 1.87. The third kappa shape index (κ3) is 3.73. The first-order valence-corrected chi connectivity index (χ1v) is 9.85. The van der Waals surface area contributed by atoms with Gasteiger partial charge in [-0.2, -0.15) is 0 Å². The lowest BCUT2D eigenvalue weighted by atomic mass is 10.0. The van der Waals surface area contributed by atoms with Crippen LogP contribution < -0.4 is 19.7 Å². The third-order valence-corrected chi connectivity index (χ3v) is 5.16. The molecule has 0 radical (unpaired) electrons. The topological polar surface area (TPSA) is 67.9 Å². The quantitative estimate of drug-likeness (QED) is 0.567. The Bertz CT molecular complexity index is 1190. The molecule has 6 nitrogen and oxygen atoms in total. The number of amides is 2. The molecule has 3 aromatic rings. The van der Waals surface area contributed by atoms with Crippen molar-refractivity contribution in [2.75, 3.05) is 24.4 Å². The zero-order chi connectivity index (χ0) is 22.0. The van der Waals surface area contributed by atoms with E-state index in [1.54, 1.807) is 60.7 Å². The van der Waals surface area contributed by atoms with E-state index in [1.807, 2.05) is 12.1 Å². The molecule has 1 aliphatic heterocycles. The lowest BCUT2D eigenvalue weighted by molar-refractivity contribution is -0.120. The highest BCUT2D eigenvalue weighted by Gasteiger charge is 2.41. The highest BCUT2D eigenvalue weighted by molar-refractivity contribution is 6.46. The molecule has 31 heavy (non-hydrogen) atoms. The number of halogens is 1. The largest absolute Gasteiger partial charge is 0.495 e. The molecule has 0 unspecified atom stereocenters. The molecule has 0 saturated heterocycles. The van der Waals surface area contributed by atoms with Crippen molar-refractivity contribution in [1.29, 1.82) is 0 Å². The van der Waals surface area contributed by atoms with E-state index in [-0.39, 0.29) is 11.3 Å². The van der Waals surface area contributed by atoms with Crippen LogP contribution in [0.1, 0.15) is 5.56 Å². The Kier molecular flexibility index (Phi) is 5.64. The number of benzene rings is 3. The van der Waals surface area contributed by atoms with Crippen LogP contribution in [0.15, 0.2) is 78.5 Å². The molecule has 2 amide bonds. The highest BCUT2D eigenvalue weighted by Crippen LogP contribution is 2.38. The maximum atomic E-state index is 13.5. The molecule has 0 bridgehead atoms. The Morgan fingerprint density at radius 1 is 0.774 bits per heavy atom. The molecule has 4 rings (SSSR count). The van der Waals surface area contributed by atoms with E-state index in [2.05, 4.69) is 5.32 Å². The van der Waals surface area contributed by atoms with Crippen LogP contribution in [-0.2, 0) is 9.59 Å². The van der Waals surface area contributed by atoms with E-state index in [0.29, 0.717) is 33.5 Å². The smallest absolute Gasteiger partial charge is 0.282 e. The van der Waals surface area contributed by atoms with Gasteiger partial charge >= 0.3 is 0 Å². The molecule has 1 N–H and O–H groups in total. The average Bonchev–Trinajstić information content (AvgIpc) is 3.04. The second kappa shape index (κ2) is 8.53. The van der Waals surface area contributed by atoms with E-state index >= 15 is 0 Å². The van der Waals surface area contributed by atoms with Gasteiger partial charge in [0.1, 0.15) is 17.2 Å². The fourth-order valence-corrected chi connectivity index (χ4v) is 3.57. The predicted octanol–water partition coefficient (Wildman–Crippen LogP) is 4.75. The van der Waals surface area contributed by atoms with Crippen LogP contribution in [-0.4, -0.2) is 26.0 Å². The molecular weight excluding hydrogens is 416 g/mol. The molecule has 1 heterocycles. The SMILES string of the molecule is COc1ccccc1NC1=C(c2ccc(Cl)cc2)C(=O)N(c2ccccc2OC)C1=O. The van der Waals surface area contributed by atoms with Crippen molar-refractivity contribution in [3.05, 3.63) is 89.1 Å². The molecule has 0 saturated carbocycles. The first kappa shape index (κ1) is 20.5. The molecule has 1 aliphatic rings. The van der Waals surface area contributed by atoms with Crippen molar-refractivity contribution in [2.24, 2.45) is 0 Å². The number of nitrogens with one attached hydrogen (secondary N) is 1. The summed E-state index contributed by atoms with van der Waals surface area (Å²) in [5.74, 6) is -0.000721. The number of carbonyl (C=O) groups excluding carboxylic acids is 2. The third-order valence-electron chi connectivity index (χ3n) is 4.91. The molecule has 156 valence electrons. The first-order valence-electron chi connectivity index (χ1n) is 9.47. The summed E-state index contributed by atoms with van der Waals surface area (Å²) in [7, 11) is 3.03. The minimum absolute atomic E-state index is 0.141. The summed E-state index contributed by atoms with van der Waals surface area (Å²) in [6, 6.07) is 20.8. The van der Waals surface area contributed by atoms with Crippen LogP contribution >= 0.6 is 11.6 Å². The molecular formula is C24H19ClN2O4. The summed E-state index contributed by atoms with van der Waals surface area (Å²) < 4.78 is 10.8. The van der Waals surface area contributed by atoms with Gasteiger partial charge in [0, 0.05) is 5.02 Å². The van der Waals surface area contributed by atoms with Crippen molar-refractivity contribution in [3.8, 4) is 11.5 Å². The summed E-state index contributed by atoms with van der Waals surface area (Å²) in [4.78, 5) is 28.1. The van der Waals surface area contributed by atoms with Crippen molar-refractivity contribution in [2.45, 2.75) is 0 Å². The van der Waals surface area contributed by atoms with Crippen molar-refractivity contribution < 1.29 is 19.1 Å². The number of hydrogen-bond acceptors (Lipinski definition) is 5. The number of ether oxygens (including phenoxy) is 2.